The van der Waals surface area contributed by atoms with Gasteiger partial charge in [0.2, 0.25) is 5.91 Å². The molecule has 5 nitrogen and oxygen atoms in total. The third kappa shape index (κ3) is 2.90. The molecule has 0 aliphatic heterocycles. The number of alkyl halides is 3. The molecular weight excluding hydrogens is 273 g/mol. The van der Waals surface area contributed by atoms with Crippen molar-refractivity contribution in [1.29, 1.82) is 0 Å². The van der Waals surface area contributed by atoms with Crippen LogP contribution in [0.4, 0.5) is 18.9 Å². The van der Waals surface area contributed by atoms with E-state index in [4.69, 9.17) is 11.5 Å². The van der Waals surface area contributed by atoms with Crippen LogP contribution in [0.25, 0.3) is 0 Å². The molecule has 4 N–H and O–H groups in total. The Morgan fingerprint density at radius 2 is 2.05 bits per heavy atom. The molecule has 0 radical (unpaired) electrons. The Morgan fingerprint density at radius 3 is 2.55 bits per heavy atom. The summed E-state index contributed by atoms with van der Waals surface area (Å²) in [7, 11) is 0. The second kappa shape index (κ2) is 4.87. The Hall–Kier alpha value is -2.51. The summed E-state index contributed by atoms with van der Waals surface area (Å²) in [5.74, 6) is -0.623. The van der Waals surface area contributed by atoms with Crippen LogP contribution >= 0.6 is 0 Å². The Morgan fingerprint density at radius 1 is 1.35 bits per heavy atom. The molecule has 1 aromatic carbocycles. The number of hydrogen-bond donors (Lipinski definition) is 2. The number of aromatic nitrogens is 2. The average molecular weight is 284 g/mol. The number of anilines is 1. The average Bonchev–Trinajstić information content (AvgIpc) is 2.80. The van der Waals surface area contributed by atoms with Crippen LogP contribution in [-0.2, 0) is 12.7 Å². The van der Waals surface area contributed by atoms with Crippen LogP contribution < -0.4 is 11.5 Å². The molecule has 106 valence electrons. The predicted octanol–water partition coefficient (Wildman–Crippen LogP) is 1.63. The first-order valence-corrected chi connectivity index (χ1v) is 5.55. The van der Waals surface area contributed by atoms with Gasteiger partial charge in [-0.3, -0.25) is 9.48 Å². The van der Waals surface area contributed by atoms with Crippen molar-refractivity contribution in [3.05, 3.63) is 47.3 Å². The number of rotatable bonds is 3. The number of carbonyl (C=O) groups excluding carboxylic acids is 1. The van der Waals surface area contributed by atoms with Crippen LogP contribution in [0.15, 0.2) is 30.6 Å². The van der Waals surface area contributed by atoms with Crippen LogP contribution in [0.2, 0.25) is 0 Å². The van der Waals surface area contributed by atoms with E-state index in [9.17, 15) is 18.0 Å². The largest absolute Gasteiger partial charge is 0.419 e. The molecule has 0 saturated heterocycles. The fourth-order valence-electron chi connectivity index (χ4n) is 1.66. The number of amides is 1. The van der Waals surface area contributed by atoms with Gasteiger partial charge in [-0.15, -0.1) is 0 Å². The van der Waals surface area contributed by atoms with E-state index in [1.807, 2.05) is 0 Å². The second-order valence-corrected chi connectivity index (χ2v) is 4.20. The Labute approximate surface area is 112 Å². The summed E-state index contributed by atoms with van der Waals surface area (Å²) >= 11 is 0. The van der Waals surface area contributed by atoms with Crippen molar-refractivity contribution in [2.45, 2.75) is 12.7 Å². The molecule has 2 rings (SSSR count). The van der Waals surface area contributed by atoms with Gasteiger partial charge in [0.05, 0.1) is 18.3 Å². The molecule has 0 atom stereocenters. The van der Waals surface area contributed by atoms with E-state index in [1.54, 1.807) is 0 Å². The van der Waals surface area contributed by atoms with Gasteiger partial charge < -0.3 is 11.5 Å². The first-order chi connectivity index (χ1) is 9.27. The van der Waals surface area contributed by atoms with Crippen molar-refractivity contribution in [3.8, 4) is 0 Å². The van der Waals surface area contributed by atoms with E-state index < -0.39 is 17.6 Å². The number of nitrogens with zero attached hydrogens (tertiary/aromatic N) is 2. The highest BCUT2D eigenvalue weighted by Crippen LogP contribution is 2.28. The molecule has 0 spiro atoms. The molecule has 8 heteroatoms. The third-order valence-corrected chi connectivity index (χ3v) is 2.72. The van der Waals surface area contributed by atoms with Crippen molar-refractivity contribution < 1.29 is 18.0 Å². The number of halogens is 3. The van der Waals surface area contributed by atoms with Crippen molar-refractivity contribution in [1.82, 2.24) is 9.78 Å². The normalized spacial score (nSPS) is 11.6. The Bertz CT molecular complexity index is 648. The lowest BCUT2D eigenvalue weighted by molar-refractivity contribution is -0.137. The minimum absolute atomic E-state index is 0.0704. The summed E-state index contributed by atoms with van der Waals surface area (Å²) in [6.45, 7) is 0.0704. The number of hydrogen-bond acceptors (Lipinski definition) is 3. The highest BCUT2D eigenvalue weighted by molar-refractivity contribution is 5.93. The maximum absolute atomic E-state index is 12.4. The first kappa shape index (κ1) is 13.9. The van der Waals surface area contributed by atoms with Gasteiger partial charge in [0.25, 0.3) is 0 Å². The molecule has 0 bridgehead atoms. The number of carbonyl (C=O) groups is 1. The number of nitrogens with two attached hydrogens (primary N) is 2. The molecule has 1 heterocycles. The van der Waals surface area contributed by atoms with Crippen molar-refractivity contribution >= 4 is 11.6 Å². The standard InChI is InChI=1S/C12H11F3N4O/c13-12(14,15)9-4-18-19(6-9)5-8-2-1-7(11(17)20)3-10(8)16/h1-4,6H,5,16H2,(H2,17,20). The fraction of sp³-hybridized carbons (Fsp3) is 0.167. The summed E-state index contributed by atoms with van der Waals surface area (Å²) in [5.41, 5.74) is 11.1. The van der Waals surface area contributed by atoms with Gasteiger partial charge in [0.1, 0.15) is 0 Å². The molecule has 20 heavy (non-hydrogen) atoms. The quantitative estimate of drug-likeness (QED) is 0.840. The molecule has 0 fully saturated rings. The molecular formula is C12H11F3N4O. The highest BCUT2D eigenvalue weighted by atomic mass is 19.4. The minimum atomic E-state index is -4.43. The van der Waals surface area contributed by atoms with Gasteiger partial charge in [-0.2, -0.15) is 18.3 Å². The van der Waals surface area contributed by atoms with Gasteiger partial charge in [-0.1, -0.05) is 6.07 Å². The van der Waals surface area contributed by atoms with Crippen molar-refractivity contribution in [3.63, 3.8) is 0 Å². The zero-order valence-electron chi connectivity index (χ0n) is 10.2. The van der Waals surface area contributed by atoms with E-state index in [0.717, 1.165) is 17.1 Å². The van der Waals surface area contributed by atoms with E-state index in [-0.39, 0.29) is 17.8 Å². The lowest BCUT2D eigenvalue weighted by atomic mass is 10.1. The Balaban J connectivity index is 2.22. The first-order valence-electron chi connectivity index (χ1n) is 5.55. The van der Waals surface area contributed by atoms with Crippen LogP contribution in [-0.4, -0.2) is 15.7 Å². The summed E-state index contributed by atoms with van der Waals surface area (Å²) < 4.78 is 38.4. The lowest BCUT2D eigenvalue weighted by Crippen LogP contribution is -2.12. The van der Waals surface area contributed by atoms with Crippen LogP contribution in [0.5, 0.6) is 0 Å². The lowest BCUT2D eigenvalue weighted by Gasteiger charge is -2.07. The molecule has 0 saturated carbocycles. The molecule has 0 aliphatic rings. The molecule has 0 unspecified atom stereocenters. The van der Waals surface area contributed by atoms with E-state index >= 15 is 0 Å². The van der Waals surface area contributed by atoms with Crippen molar-refractivity contribution in [2.75, 3.05) is 5.73 Å². The van der Waals surface area contributed by atoms with Crippen LogP contribution in [0.3, 0.4) is 0 Å². The van der Waals surface area contributed by atoms with Gasteiger partial charge in [-0.25, -0.2) is 0 Å². The summed E-state index contributed by atoms with van der Waals surface area (Å²) in [6, 6.07) is 4.37. The topological polar surface area (TPSA) is 86.9 Å². The highest BCUT2D eigenvalue weighted by Gasteiger charge is 2.32. The number of nitrogen functional groups attached to an aromatic ring is 1. The van der Waals surface area contributed by atoms with Gasteiger partial charge in [-0.05, 0) is 17.7 Å². The third-order valence-electron chi connectivity index (χ3n) is 2.72. The van der Waals surface area contributed by atoms with E-state index in [0.29, 0.717) is 5.56 Å². The van der Waals surface area contributed by atoms with Gasteiger partial charge >= 0.3 is 6.18 Å². The SMILES string of the molecule is NC(=O)c1ccc(Cn2cc(C(F)(F)F)cn2)c(N)c1. The van der Waals surface area contributed by atoms with Gasteiger partial charge in [0, 0.05) is 17.4 Å². The van der Waals surface area contributed by atoms with E-state index in [1.165, 1.54) is 18.2 Å². The number of primary amides is 1. The summed E-state index contributed by atoms with van der Waals surface area (Å²) in [6.07, 6.45) is -2.80. The smallest absolute Gasteiger partial charge is 0.398 e. The molecule has 1 amide bonds. The summed E-state index contributed by atoms with van der Waals surface area (Å²) in [5, 5.41) is 3.63. The van der Waals surface area contributed by atoms with E-state index in [2.05, 4.69) is 5.10 Å². The second-order valence-electron chi connectivity index (χ2n) is 4.20. The zero-order valence-corrected chi connectivity index (χ0v) is 10.2. The Kier molecular flexibility index (Phi) is 3.39. The monoisotopic (exact) mass is 284 g/mol. The van der Waals surface area contributed by atoms with Crippen LogP contribution in [0, 0.1) is 0 Å². The summed E-state index contributed by atoms with van der Waals surface area (Å²) in [4.78, 5) is 11.0. The van der Waals surface area contributed by atoms with Crippen LogP contribution in [0.1, 0.15) is 21.5 Å². The zero-order chi connectivity index (χ0) is 14.9. The van der Waals surface area contributed by atoms with Gasteiger partial charge in [0.15, 0.2) is 0 Å². The minimum Gasteiger partial charge on any atom is -0.398 e. The molecule has 1 aromatic heterocycles. The molecule has 2 aromatic rings. The molecule has 0 aliphatic carbocycles. The number of benzene rings is 1. The fourth-order valence-corrected chi connectivity index (χ4v) is 1.66. The maximum Gasteiger partial charge on any atom is 0.419 e. The maximum atomic E-state index is 12.4. The van der Waals surface area contributed by atoms with Crippen molar-refractivity contribution in [2.24, 2.45) is 5.73 Å². The predicted molar refractivity (Wildman–Crippen MR) is 65.7 cm³/mol.